The number of amides is 1. The number of hydrogen-bond acceptors (Lipinski definition) is 5. The van der Waals surface area contributed by atoms with E-state index in [0.29, 0.717) is 31.0 Å². The molecule has 154 valence electrons. The van der Waals surface area contributed by atoms with E-state index in [4.69, 9.17) is 14.2 Å². The molecule has 3 rings (SSSR count). The van der Waals surface area contributed by atoms with Crippen molar-refractivity contribution in [1.82, 2.24) is 4.90 Å². The zero-order valence-corrected chi connectivity index (χ0v) is 16.7. The lowest BCUT2D eigenvalue weighted by Crippen LogP contribution is -2.42. The van der Waals surface area contributed by atoms with Crippen LogP contribution in [0.3, 0.4) is 0 Å². The number of carbonyl (C=O) groups is 2. The Kier molecular flexibility index (Phi) is 6.49. The summed E-state index contributed by atoms with van der Waals surface area (Å²) in [5, 5.41) is 0. The van der Waals surface area contributed by atoms with Gasteiger partial charge in [0.1, 0.15) is 17.6 Å². The van der Waals surface area contributed by atoms with Gasteiger partial charge in [0.25, 0.3) is 5.91 Å². The highest BCUT2D eigenvalue weighted by Gasteiger charge is 2.22. The van der Waals surface area contributed by atoms with Crippen LogP contribution >= 0.6 is 0 Å². The van der Waals surface area contributed by atoms with Crippen molar-refractivity contribution < 1.29 is 28.2 Å². The summed E-state index contributed by atoms with van der Waals surface area (Å²) in [5.41, 5.74) is 0.663. The van der Waals surface area contributed by atoms with Gasteiger partial charge >= 0.3 is 0 Å². The zero-order chi connectivity index (χ0) is 21.0. The molecule has 1 saturated heterocycles. The molecule has 0 aliphatic carbocycles. The van der Waals surface area contributed by atoms with Crippen molar-refractivity contribution in [2.45, 2.75) is 26.4 Å². The van der Waals surface area contributed by atoms with Gasteiger partial charge in [0.2, 0.25) is 0 Å². The number of benzene rings is 2. The molecule has 1 aliphatic heterocycles. The van der Waals surface area contributed by atoms with E-state index in [9.17, 15) is 14.0 Å². The van der Waals surface area contributed by atoms with Crippen molar-refractivity contribution >= 4 is 11.7 Å². The van der Waals surface area contributed by atoms with Crippen LogP contribution in [0.5, 0.6) is 17.2 Å². The van der Waals surface area contributed by atoms with E-state index >= 15 is 0 Å². The third-order valence-corrected chi connectivity index (χ3v) is 4.58. The van der Waals surface area contributed by atoms with Crippen LogP contribution in [-0.4, -0.2) is 49.5 Å². The van der Waals surface area contributed by atoms with E-state index in [1.54, 1.807) is 24.1 Å². The molecule has 7 heteroatoms. The van der Waals surface area contributed by atoms with Gasteiger partial charge in [-0.1, -0.05) is 0 Å². The smallest absolute Gasteiger partial charge is 0.253 e. The van der Waals surface area contributed by atoms with Crippen LogP contribution in [0.2, 0.25) is 0 Å². The van der Waals surface area contributed by atoms with Crippen LogP contribution in [-0.2, 0) is 4.74 Å². The van der Waals surface area contributed by atoms with E-state index in [2.05, 4.69) is 0 Å². The predicted octanol–water partition coefficient (Wildman–Crippen LogP) is 4.08. The first-order valence-corrected chi connectivity index (χ1v) is 9.45. The van der Waals surface area contributed by atoms with Crippen LogP contribution in [0.15, 0.2) is 36.4 Å². The highest BCUT2D eigenvalue weighted by Crippen LogP contribution is 2.30. The topological polar surface area (TPSA) is 65.1 Å². The molecule has 1 heterocycles. The van der Waals surface area contributed by atoms with Crippen LogP contribution in [0.4, 0.5) is 4.39 Å². The molecule has 29 heavy (non-hydrogen) atoms. The molecule has 0 saturated carbocycles. The molecular weight excluding hydrogens is 377 g/mol. The molecule has 1 amide bonds. The summed E-state index contributed by atoms with van der Waals surface area (Å²) in [6, 6.07) is 8.82. The molecule has 6 nitrogen and oxygen atoms in total. The summed E-state index contributed by atoms with van der Waals surface area (Å²) in [4.78, 5) is 25.7. The Hall–Kier alpha value is -2.93. The largest absolute Gasteiger partial charge is 0.488 e. The fourth-order valence-electron chi connectivity index (χ4n) is 2.95. The van der Waals surface area contributed by atoms with Gasteiger partial charge in [-0.2, -0.15) is 0 Å². The first-order valence-electron chi connectivity index (χ1n) is 9.45. The zero-order valence-electron chi connectivity index (χ0n) is 16.7. The number of halogens is 1. The minimum Gasteiger partial charge on any atom is -0.488 e. The first kappa shape index (κ1) is 20.8. The lowest BCUT2D eigenvalue weighted by atomic mass is 10.1. The lowest BCUT2D eigenvalue weighted by Gasteiger charge is -2.30. The molecule has 0 unspecified atom stereocenters. The second-order valence-corrected chi connectivity index (χ2v) is 7.03. The molecule has 1 aliphatic rings. The van der Waals surface area contributed by atoms with Gasteiger partial charge in [-0.15, -0.1) is 0 Å². The Labute approximate surface area is 169 Å². The molecule has 2 aromatic carbocycles. The van der Waals surface area contributed by atoms with Gasteiger partial charge in [0.05, 0.1) is 6.61 Å². The maximum absolute atomic E-state index is 14.5. The molecule has 0 radical (unpaired) electrons. The van der Waals surface area contributed by atoms with Gasteiger partial charge < -0.3 is 19.1 Å². The third kappa shape index (κ3) is 5.12. The third-order valence-electron chi connectivity index (χ3n) is 4.58. The van der Waals surface area contributed by atoms with Gasteiger partial charge in [-0.3, -0.25) is 9.59 Å². The van der Waals surface area contributed by atoms with Crippen molar-refractivity contribution in [3.8, 4) is 17.2 Å². The van der Waals surface area contributed by atoms with E-state index in [0.717, 1.165) is 6.42 Å². The van der Waals surface area contributed by atoms with Crippen molar-refractivity contribution in [1.29, 1.82) is 0 Å². The SMILES string of the molecule is COC[C@H](C)Oc1cc(Oc2ccc(C(=O)N3CCC3)cc2F)cc(C(C)=O)c1. The average molecular weight is 401 g/mol. The highest BCUT2D eigenvalue weighted by molar-refractivity contribution is 5.95. The summed E-state index contributed by atoms with van der Waals surface area (Å²) in [7, 11) is 1.57. The second kappa shape index (κ2) is 9.05. The summed E-state index contributed by atoms with van der Waals surface area (Å²) in [6.07, 6.45) is 0.730. The Morgan fingerprint density at radius 1 is 1.10 bits per heavy atom. The number of Topliss-reactive ketones (excluding diaryl/α,β-unsaturated/α-hetero) is 1. The number of ether oxygens (including phenoxy) is 3. The molecule has 0 spiro atoms. The number of rotatable bonds is 8. The van der Waals surface area contributed by atoms with Gasteiger partial charge in [-0.05, 0) is 50.6 Å². The van der Waals surface area contributed by atoms with Crippen LogP contribution in [0.25, 0.3) is 0 Å². The average Bonchev–Trinajstić information content (AvgIpc) is 2.61. The van der Waals surface area contributed by atoms with E-state index in [1.165, 1.54) is 31.2 Å². The van der Waals surface area contributed by atoms with E-state index < -0.39 is 5.82 Å². The van der Waals surface area contributed by atoms with Gasteiger partial charge in [-0.25, -0.2) is 4.39 Å². The van der Waals surface area contributed by atoms with E-state index in [-0.39, 0.29) is 34.9 Å². The number of hydrogen-bond donors (Lipinski definition) is 0. The molecule has 0 aromatic heterocycles. The number of carbonyl (C=O) groups excluding carboxylic acids is 2. The normalized spacial score (nSPS) is 14.1. The maximum atomic E-state index is 14.5. The molecule has 0 N–H and O–H groups in total. The number of ketones is 1. The first-order chi connectivity index (χ1) is 13.9. The molecule has 2 aromatic rings. The van der Waals surface area contributed by atoms with Crippen LogP contribution in [0.1, 0.15) is 41.0 Å². The van der Waals surface area contributed by atoms with Crippen LogP contribution in [0, 0.1) is 5.82 Å². The fraction of sp³-hybridized carbons (Fsp3) is 0.364. The minimum absolute atomic E-state index is 0.0400. The summed E-state index contributed by atoms with van der Waals surface area (Å²) >= 11 is 0. The standard InChI is InChI=1S/C22H24FNO5/c1-14(13-27-3)28-18-9-17(15(2)25)10-19(12-18)29-21-6-5-16(11-20(21)23)22(26)24-7-4-8-24/h5-6,9-12,14H,4,7-8,13H2,1-3H3/t14-/m0/s1. The van der Waals surface area contributed by atoms with Crippen molar-refractivity contribution in [3.63, 3.8) is 0 Å². The quantitative estimate of drug-likeness (QED) is 0.624. The van der Waals surface area contributed by atoms with Crippen molar-refractivity contribution in [2.75, 3.05) is 26.8 Å². The van der Waals surface area contributed by atoms with Gasteiger partial charge in [0.15, 0.2) is 17.3 Å². The van der Waals surface area contributed by atoms with Crippen LogP contribution < -0.4 is 9.47 Å². The number of nitrogens with zero attached hydrogens (tertiary/aromatic N) is 1. The van der Waals surface area contributed by atoms with Crippen molar-refractivity contribution in [2.24, 2.45) is 0 Å². The minimum atomic E-state index is -0.653. The lowest BCUT2D eigenvalue weighted by molar-refractivity contribution is 0.0651. The predicted molar refractivity (Wildman–Crippen MR) is 105 cm³/mol. The molecular formula is C22H24FNO5. The summed E-state index contributed by atoms with van der Waals surface area (Å²) < 4.78 is 31.0. The fourth-order valence-corrected chi connectivity index (χ4v) is 2.95. The Bertz CT molecular complexity index is 910. The Morgan fingerprint density at radius 3 is 2.41 bits per heavy atom. The highest BCUT2D eigenvalue weighted by atomic mass is 19.1. The second-order valence-electron chi connectivity index (χ2n) is 7.03. The Morgan fingerprint density at radius 2 is 1.83 bits per heavy atom. The van der Waals surface area contributed by atoms with E-state index in [1.807, 2.05) is 6.92 Å². The maximum Gasteiger partial charge on any atom is 0.253 e. The molecule has 1 atom stereocenters. The molecule has 1 fully saturated rings. The number of methoxy groups -OCH3 is 1. The summed E-state index contributed by atoms with van der Waals surface area (Å²) in [5.74, 6) is -0.374. The molecule has 0 bridgehead atoms. The van der Waals surface area contributed by atoms with Crippen molar-refractivity contribution in [3.05, 3.63) is 53.3 Å². The monoisotopic (exact) mass is 401 g/mol. The Balaban J connectivity index is 1.81. The van der Waals surface area contributed by atoms with Gasteiger partial charge in [0, 0.05) is 37.4 Å². The summed E-state index contributed by atoms with van der Waals surface area (Å²) in [6.45, 7) is 5.03. The number of likely N-dealkylation sites (tertiary alicyclic amines) is 1.